The zero-order valence-electron chi connectivity index (χ0n) is 15.2. The van der Waals surface area contributed by atoms with Crippen LogP contribution in [0.1, 0.15) is 5.56 Å². The maximum atomic E-state index is 12.0. The molecule has 27 heavy (non-hydrogen) atoms. The van der Waals surface area contributed by atoms with Gasteiger partial charge in [0.05, 0.1) is 6.54 Å². The highest BCUT2D eigenvalue weighted by Crippen LogP contribution is 2.22. The van der Waals surface area contributed by atoms with E-state index in [0.717, 1.165) is 11.4 Å². The van der Waals surface area contributed by atoms with Crippen LogP contribution in [0.3, 0.4) is 0 Å². The molecule has 1 fully saturated rings. The van der Waals surface area contributed by atoms with Crippen molar-refractivity contribution in [2.45, 2.75) is 6.54 Å². The van der Waals surface area contributed by atoms with E-state index in [4.69, 9.17) is 4.74 Å². The van der Waals surface area contributed by atoms with Gasteiger partial charge in [0.2, 0.25) is 5.91 Å². The van der Waals surface area contributed by atoms with Gasteiger partial charge < -0.3 is 14.5 Å². The topological polar surface area (TPSA) is 89.3 Å². The number of hydrogen-bond acceptors (Lipinski definition) is 7. The molecule has 3 heterocycles. The lowest BCUT2D eigenvalue weighted by Crippen LogP contribution is -2.50. The van der Waals surface area contributed by atoms with Crippen molar-refractivity contribution in [3.8, 4) is 0 Å². The molecule has 0 aliphatic carbocycles. The first kappa shape index (κ1) is 17.3. The standard InChI is InChI=1S/C18H21N7O2/c1-27-12-15(26)23-7-9-24(10-8-23)17-16-18(20-13-19-17)25(22-21-16)11-14-5-3-2-4-6-14/h2-6,13H,7-12H2,1H3. The van der Waals surface area contributed by atoms with Crippen molar-refractivity contribution in [2.24, 2.45) is 0 Å². The van der Waals surface area contributed by atoms with Gasteiger partial charge in [-0.25, -0.2) is 14.6 Å². The number of nitrogens with zero attached hydrogens (tertiary/aromatic N) is 7. The molecule has 9 nitrogen and oxygen atoms in total. The van der Waals surface area contributed by atoms with Crippen LogP contribution in [0.15, 0.2) is 36.7 Å². The van der Waals surface area contributed by atoms with Crippen molar-refractivity contribution in [2.75, 3.05) is 44.8 Å². The largest absolute Gasteiger partial charge is 0.375 e. The number of piperazine rings is 1. The SMILES string of the molecule is COCC(=O)N1CCN(c2ncnc3c2nnn3Cc2ccccc2)CC1. The van der Waals surface area contributed by atoms with Gasteiger partial charge in [-0.15, -0.1) is 5.10 Å². The van der Waals surface area contributed by atoms with Crippen LogP contribution in [0.5, 0.6) is 0 Å². The zero-order valence-corrected chi connectivity index (χ0v) is 15.2. The minimum Gasteiger partial charge on any atom is -0.375 e. The number of amides is 1. The monoisotopic (exact) mass is 367 g/mol. The summed E-state index contributed by atoms with van der Waals surface area (Å²) in [7, 11) is 1.53. The number of methoxy groups -OCH3 is 1. The second-order valence-electron chi connectivity index (χ2n) is 6.40. The summed E-state index contributed by atoms with van der Waals surface area (Å²) >= 11 is 0. The van der Waals surface area contributed by atoms with Gasteiger partial charge in [-0.3, -0.25) is 4.79 Å². The van der Waals surface area contributed by atoms with Crippen molar-refractivity contribution in [3.05, 3.63) is 42.2 Å². The zero-order chi connectivity index (χ0) is 18.6. The highest BCUT2D eigenvalue weighted by molar-refractivity contribution is 5.83. The first-order chi connectivity index (χ1) is 13.3. The Bertz CT molecular complexity index is 920. The maximum Gasteiger partial charge on any atom is 0.248 e. The first-order valence-electron chi connectivity index (χ1n) is 8.86. The Balaban J connectivity index is 1.53. The van der Waals surface area contributed by atoms with Gasteiger partial charge in [-0.1, -0.05) is 35.5 Å². The molecule has 3 aromatic rings. The molecule has 2 aromatic heterocycles. The Morgan fingerprint density at radius 1 is 1.11 bits per heavy atom. The number of rotatable bonds is 5. The Labute approximate surface area is 156 Å². The summed E-state index contributed by atoms with van der Waals surface area (Å²) in [6.07, 6.45) is 1.55. The van der Waals surface area contributed by atoms with Gasteiger partial charge in [0.15, 0.2) is 17.0 Å². The van der Waals surface area contributed by atoms with E-state index in [0.29, 0.717) is 43.9 Å². The van der Waals surface area contributed by atoms with Crippen LogP contribution in [0.2, 0.25) is 0 Å². The fourth-order valence-corrected chi connectivity index (χ4v) is 3.26. The van der Waals surface area contributed by atoms with E-state index in [-0.39, 0.29) is 12.5 Å². The van der Waals surface area contributed by atoms with Crippen molar-refractivity contribution >= 4 is 22.9 Å². The predicted molar refractivity (Wildman–Crippen MR) is 99.3 cm³/mol. The molecule has 0 N–H and O–H groups in total. The molecule has 0 spiro atoms. The van der Waals surface area contributed by atoms with Crippen molar-refractivity contribution in [1.82, 2.24) is 29.9 Å². The van der Waals surface area contributed by atoms with Crippen molar-refractivity contribution in [1.29, 1.82) is 0 Å². The van der Waals surface area contributed by atoms with E-state index in [2.05, 4.69) is 25.2 Å². The third-order valence-corrected chi connectivity index (χ3v) is 4.66. The average Bonchev–Trinajstić information content (AvgIpc) is 3.12. The number of anilines is 1. The molecule has 0 saturated carbocycles. The number of ether oxygens (including phenoxy) is 1. The van der Waals surface area contributed by atoms with Crippen LogP contribution in [0, 0.1) is 0 Å². The Hall–Kier alpha value is -3.07. The molecule has 0 bridgehead atoms. The molecule has 0 atom stereocenters. The summed E-state index contributed by atoms with van der Waals surface area (Å²) in [5.41, 5.74) is 2.53. The molecule has 0 radical (unpaired) electrons. The van der Waals surface area contributed by atoms with Gasteiger partial charge in [-0.2, -0.15) is 0 Å². The molecule has 1 aromatic carbocycles. The van der Waals surface area contributed by atoms with E-state index in [1.54, 1.807) is 11.0 Å². The third-order valence-electron chi connectivity index (χ3n) is 4.66. The molecule has 1 saturated heterocycles. The lowest BCUT2D eigenvalue weighted by atomic mass is 10.2. The molecular formula is C18H21N7O2. The molecule has 1 aliphatic rings. The summed E-state index contributed by atoms with van der Waals surface area (Å²) < 4.78 is 6.72. The van der Waals surface area contributed by atoms with Gasteiger partial charge in [0.25, 0.3) is 0 Å². The average molecular weight is 367 g/mol. The molecule has 1 aliphatic heterocycles. The maximum absolute atomic E-state index is 12.0. The van der Waals surface area contributed by atoms with Crippen molar-refractivity contribution < 1.29 is 9.53 Å². The highest BCUT2D eigenvalue weighted by Gasteiger charge is 2.24. The quantitative estimate of drug-likeness (QED) is 0.651. The predicted octanol–water partition coefficient (Wildman–Crippen LogP) is 0.565. The molecule has 140 valence electrons. The number of carbonyl (C=O) groups excluding carboxylic acids is 1. The summed E-state index contributed by atoms with van der Waals surface area (Å²) in [5, 5.41) is 8.59. The smallest absolute Gasteiger partial charge is 0.248 e. The van der Waals surface area contributed by atoms with E-state index in [9.17, 15) is 4.79 Å². The van der Waals surface area contributed by atoms with E-state index < -0.39 is 0 Å². The molecule has 9 heteroatoms. The summed E-state index contributed by atoms with van der Waals surface area (Å²) in [4.78, 5) is 24.7. The highest BCUT2D eigenvalue weighted by atomic mass is 16.5. The van der Waals surface area contributed by atoms with Crippen LogP contribution in [-0.2, 0) is 16.1 Å². The fourth-order valence-electron chi connectivity index (χ4n) is 3.26. The second-order valence-corrected chi connectivity index (χ2v) is 6.40. The number of fused-ring (bicyclic) bond motifs is 1. The summed E-state index contributed by atoms with van der Waals surface area (Å²) in [5.74, 6) is 0.775. The molecule has 1 amide bonds. The molecular weight excluding hydrogens is 346 g/mol. The van der Waals surface area contributed by atoms with E-state index >= 15 is 0 Å². The minimum atomic E-state index is 0.0128. The van der Waals surface area contributed by atoms with Crippen LogP contribution < -0.4 is 4.90 Å². The van der Waals surface area contributed by atoms with E-state index in [1.807, 2.05) is 35.2 Å². The number of carbonyl (C=O) groups is 1. The summed E-state index contributed by atoms with van der Waals surface area (Å²) in [6.45, 7) is 3.36. The van der Waals surface area contributed by atoms with Gasteiger partial charge >= 0.3 is 0 Å². The Morgan fingerprint density at radius 3 is 2.63 bits per heavy atom. The number of benzene rings is 1. The molecule has 0 unspecified atom stereocenters. The van der Waals surface area contributed by atoms with Crippen molar-refractivity contribution in [3.63, 3.8) is 0 Å². The Kier molecular flexibility index (Phi) is 4.93. The minimum absolute atomic E-state index is 0.0128. The van der Waals surface area contributed by atoms with Gasteiger partial charge in [0, 0.05) is 33.3 Å². The van der Waals surface area contributed by atoms with Crippen LogP contribution >= 0.6 is 0 Å². The molecule has 4 rings (SSSR count). The van der Waals surface area contributed by atoms with Crippen LogP contribution in [0.4, 0.5) is 5.82 Å². The number of hydrogen-bond donors (Lipinski definition) is 0. The van der Waals surface area contributed by atoms with E-state index in [1.165, 1.54) is 7.11 Å². The fraction of sp³-hybridized carbons (Fsp3) is 0.389. The third kappa shape index (κ3) is 3.59. The lowest BCUT2D eigenvalue weighted by molar-refractivity contribution is -0.135. The summed E-state index contributed by atoms with van der Waals surface area (Å²) in [6, 6.07) is 10.1. The lowest BCUT2D eigenvalue weighted by Gasteiger charge is -2.35. The van der Waals surface area contributed by atoms with Crippen LogP contribution in [0.25, 0.3) is 11.2 Å². The van der Waals surface area contributed by atoms with Gasteiger partial charge in [-0.05, 0) is 5.56 Å². The second kappa shape index (κ2) is 7.67. The first-order valence-corrected chi connectivity index (χ1v) is 8.86. The normalized spacial score (nSPS) is 14.7. The number of aromatic nitrogens is 5. The Morgan fingerprint density at radius 2 is 1.89 bits per heavy atom. The van der Waals surface area contributed by atoms with Crippen LogP contribution in [-0.4, -0.2) is 75.7 Å². The van der Waals surface area contributed by atoms with Gasteiger partial charge in [0.1, 0.15) is 12.9 Å².